The first-order valence-electron chi connectivity index (χ1n) is 7.10. The summed E-state index contributed by atoms with van der Waals surface area (Å²) >= 11 is 0. The fraction of sp³-hybridized carbons (Fsp3) is 0.294. The molecule has 0 saturated heterocycles. The van der Waals surface area contributed by atoms with Crippen LogP contribution in [0.25, 0.3) is 0 Å². The Bertz CT molecular complexity index is 557. The van der Waals surface area contributed by atoms with E-state index in [9.17, 15) is 4.79 Å². The van der Waals surface area contributed by atoms with Crippen molar-refractivity contribution in [1.29, 1.82) is 0 Å². The Balaban J connectivity index is 1.84. The van der Waals surface area contributed by atoms with Gasteiger partial charge >= 0.3 is 0 Å². The molecule has 110 valence electrons. The first kappa shape index (κ1) is 15.2. The number of nitrogens with two attached hydrogens (primary N) is 1. The lowest BCUT2D eigenvalue weighted by Gasteiger charge is -2.21. The Kier molecular flexibility index (Phi) is 5.46. The van der Waals surface area contributed by atoms with E-state index in [1.165, 1.54) is 5.56 Å². The molecule has 0 saturated carbocycles. The first-order valence-corrected chi connectivity index (χ1v) is 7.10. The van der Waals surface area contributed by atoms with E-state index in [1.807, 2.05) is 30.3 Å². The van der Waals surface area contributed by atoms with Crippen LogP contribution >= 0.6 is 0 Å². The van der Waals surface area contributed by atoms with Gasteiger partial charge in [-0.05, 0) is 36.1 Å². The second-order valence-electron chi connectivity index (χ2n) is 5.18. The Morgan fingerprint density at radius 2 is 1.81 bits per heavy atom. The molecule has 2 aromatic rings. The van der Waals surface area contributed by atoms with Gasteiger partial charge in [0.05, 0.1) is 6.04 Å². The third-order valence-electron chi connectivity index (χ3n) is 3.45. The summed E-state index contributed by atoms with van der Waals surface area (Å²) in [5, 5.41) is 0. The SMILES string of the molecule is CN(Cc1ccncc1)C(=O)[C@@H](N)CCc1ccccc1. The topological polar surface area (TPSA) is 59.2 Å². The molecule has 21 heavy (non-hydrogen) atoms. The van der Waals surface area contributed by atoms with Crippen LogP contribution in [0, 0.1) is 0 Å². The second kappa shape index (κ2) is 7.55. The zero-order valence-electron chi connectivity index (χ0n) is 12.3. The van der Waals surface area contributed by atoms with E-state index in [1.54, 1.807) is 24.3 Å². The Labute approximate surface area is 125 Å². The van der Waals surface area contributed by atoms with Crippen LogP contribution in [0.15, 0.2) is 54.9 Å². The second-order valence-corrected chi connectivity index (χ2v) is 5.18. The van der Waals surface area contributed by atoms with Crippen LogP contribution in [0.2, 0.25) is 0 Å². The Morgan fingerprint density at radius 1 is 1.14 bits per heavy atom. The summed E-state index contributed by atoms with van der Waals surface area (Å²) < 4.78 is 0. The Morgan fingerprint density at radius 3 is 2.48 bits per heavy atom. The summed E-state index contributed by atoms with van der Waals surface area (Å²) in [4.78, 5) is 17.9. The van der Waals surface area contributed by atoms with Gasteiger partial charge in [-0.2, -0.15) is 0 Å². The molecular weight excluding hydrogens is 262 g/mol. The summed E-state index contributed by atoms with van der Waals surface area (Å²) in [6, 6.07) is 13.4. The molecule has 0 fully saturated rings. The average Bonchev–Trinajstić information content (AvgIpc) is 2.53. The molecule has 1 aromatic heterocycles. The monoisotopic (exact) mass is 283 g/mol. The molecule has 1 heterocycles. The summed E-state index contributed by atoms with van der Waals surface area (Å²) in [6.45, 7) is 0.556. The van der Waals surface area contributed by atoms with Crippen molar-refractivity contribution < 1.29 is 4.79 Å². The molecule has 0 unspecified atom stereocenters. The van der Waals surface area contributed by atoms with Gasteiger partial charge in [0, 0.05) is 26.0 Å². The largest absolute Gasteiger partial charge is 0.340 e. The van der Waals surface area contributed by atoms with Gasteiger partial charge in [-0.15, -0.1) is 0 Å². The number of nitrogens with zero attached hydrogens (tertiary/aromatic N) is 2. The van der Waals surface area contributed by atoms with Crippen LogP contribution in [0.3, 0.4) is 0 Å². The summed E-state index contributed by atoms with van der Waals surface area (Å²) in [5.74, 6) is -0.0252. The van der Waals surface area contributed by atoms with Gasteiger partial charge in [-0.25, -0.2) is 0 Å². The number of aryl methyl sites for hydroxylation is 1. The molecule has 0 radical (unpaired) electrons. The van der Waals surface area contributed by atoms with Gasteiger partial charge in [0.2, 0.25) is 5.91 Å². The van der Waals surface area contributed by atoms with Crippen molar-refractivity contribution in [3.05, 3.63) is 66.0 Å². The van der Waals surface area contributed by atoms with Gasteiger partial charge in [-0.1, -0.05) is 30.3 Å². The third-order valence-corrected chi connectivity index (χ3v) is 3.45. The minimum absolute atomic E-state index is 0.0252. The fourth-order valence-corrected chi connectivity index (χ4v) is 2.21. The molecule has 1 atom stereocenters. The molecule has 2 rings (SSSR count). The molecule has 0 spiro atoms. The van der Waals surface area contributed by atoms with Crippen molar-refractivity contribution in [3.8, 4) is 0 Å². The summed E-state index contributed by atoms with van der Waals surface area (Å²) in [7, 11) is 1.78. The quantitative estimate of drug-likeness (QED) is 0.882. The number of aromatic nitrogens is 1. The molecule has 1 aromatic carbocycles. The van der Waals surface area contributed by atoms with E-state index in [0.29, 0.717) is 13.0 Å². The van der Waals surface area contributed by atoms with Crippen LogP contribution < -0.4 is 5.73 Å². The zero-order chi connectivity index (χ0) is 15.1. The number of amides is 1. The van der Waals surface area contributed by atoms with Crippen molar-refractivity contribution in [2.45, 2.75) is 25.4 Å². The van der Waals surface area contributed by atoms with E-state index >= 15 is 0 Å². The smallest absolute Gasteiger partial charge is 0.239 e. The molecule has 1 amide bonds. The van der Waals surface area contributed by atoms with Gasteiger partial charge in [0.1, 0.15) is 0 Å². The van der Waals surface area contributed by atoms with E-state index in [-0.39, 0.29) is 5.91 Å². The molecule has 2 N–H and O–H groups in total. The van der Waals surface area contributed by atoms with Gasteiger partial charge in [-0.3, -0.25) is 9.78 Å². The maximum Gasteiger partial charge on any atom is 0.239 e. The predicted molar refractivity (Wildman–Crippen MR) is 83.4 cm³/mol. The first-order chi connectivity index (χ1) is 10.2. The zero-order valence-corrected chi connectivity index (χ0v) is 12.3. The number of benzene rings is 1. The number of carbonyl (C=O) groups excluding carboxylic acids is 1. The minimum Gasteiger partial charge on any atom is -0.340 e. The third kappa shape index (κ3) is 4.68. The van der Waals surface area contributed by atoms with Crippen molar-refractivity contribution in [3.63, 3.8) is 0 Å². The number of hydrogen-bond donors (Lipinski definition) is 1. The maximum atomic E-state index is 12.3. The lowest BCUT2D eigenvalue weighted by atomic mass is 10.0. The number of carbonyl (C=O) groups is 1. The van der Waals surface area contributed by atoms with Crippen LogP contribution in [0.5, 0.6) is 0 Å². The highest BCUT2D eigenvalue weighted by atomic mass is 16.2. The number of pyridine rings is 1. The van der Waals surface area contributed by atoms with Crippen LogP contribution in [0.4, 0.5) is 0 Å². The number of likely N-dealkylation sites (N-methyl/N-ethyl adjacent to an activating group) is 1. The van der Waals surface area contributed by atoms with Crippen molar-refractivity contribution in [2.75, 3.05) is 7.05 Å². The van der Waals surface area contributed by atoms with Gasteiger partial charge < -0.3 is 10.6 Å². The number of hydrogen-bond acceptors (Lipinski definition) is 3. The molecule has 4 nitrogen and oxygen atoms in total. The van der Waals surface area contributed by atoms with E-state index < -0.39 is 6.04 Å². The van der Waals surface area contributed by atoms with E-state index in [4.69, 9.17) is 5.73 Å². The standard InChI is InChI=1S/C17H21N3O/c1-20(13-15-9-11-19-12-10-15)17(21)16(18)8-7-14-5-3-2-4-6-14/h2-6,9-12,16H,7-8,13,18H2,1H3/t16-/m0/s1. The lowest BCUT2D eigenvalue weighted by molar-refractivity contribution is -0.131. The summed E-state index contributed by atoms with van der Waals surface area (Å²) in [5.41, 5.74) is 8.27. The molecule has 4 heteroatoms. The van der Waals surface area contributed by atoms with Crippen molar-refractivity contribution in [2.24, 2.45) is 5.73 Å². The van der Waals surface area contributed by atoms with Crippen LogP contribution in [-0.4, -0.2) is 28.9 Å². The number of rotatable bonds is 6. The van der Waals surface area contributed by atoms with E-state index in [2.05, 4.69) is 17.1 Å². The molecule has 0 bridgehead atoms. The van der Waals surface area contributed by atoms with Gasteiger partial charge in [0.15, 0.2) is 0 Å². The minimum atomic E-state index is -0.461. The molecule has 0 aliphatic rings. The maximum absolute atomic E-state index is 12.3. The lowest BCUT2D eigenvalue weighted by Crippen LogP contribution is -2.41. The van der Waals surface area contributed by atoms with E-state index in [0.717, 1.165) is 12.0 Å². The molecule has 0 aliphatic heterocycles. The highest BCUT2D eigenvalue weighted by Gasteiger charge is 2.17. The highest BCUT2D eigenvalue weighted by molar-refractivity contribution is 5.81. The Hall–Kier alpha value is -2.20. The molecule has 0 aliphatic carbocycles. The normalized spacial score (nSPS) is 11.9. The summed E-state index contributed by atoms with van der Waals surface area (Å²) in [6.07, 6.45) is 4.92. The van der Waals surface area contributed by atoms with Gasteiger partial charge in [0.25, 0.3) is 0 Å². The van der Waals surface area contributed by atoms with Crippen molar-refractivity contribution >= 4 is 5.91 Å². The highest BCUT2D eigenvalue weighted by Crippen LogP contribution is 2.07. The fourth-order valence-electron chi connectivity index (χ4n) is 2.21. The van der Waals surface area contributed by atoms with Crippen LogP contribution in [-0.2, 0) is 17.8 Å². The van der Waals surface area contributed by atoms with Crippen LogP contribution in [0.1, 0.15) is 17.5 Å². The average molecular weight is 283 g/mol. The van der Waals surface area contributed by atoms with Crippen molar-refractivity contribution in [1.82, 2.24) is 9.88 Å². The predicted octanol–water partition coefficient (Wildman–Crippen LogP) is 2.00. The molecular formula is C17H21N3O.